The summed E-state index contributed by atoms with van der Waals surface area (Å²) in [4.78, 5) is 17.8. The minimum absolute atomic E-state index is 0.0774. The molecule has 0 amide bonds. The molecular formula is C24H19NO3S. The number of aromatic nitrogens is 1. The first kappa shape index (κ1) is 17.9. The number of carbonyl (C=O) groups excluding carboxylic acids is 1. The van der Waals surface area contributed by atoms with Crippen molar-refractivity contribution in [1.29, 1.82) is 0 Å². The molecule has 0 saturated carbocycles. The SMILES string of the molecule is O=C(c1c[nH]c2ccccc12)C(Sc1ccc2c(c1)OCCO2)c1ccccc1. The van der Waals surface area contributed by atoms with Gasteiger partial charge in [0, 0.05) is 27.6 Å². The van der Waals surface area contributed by atoms with Crippen molar-refractivity contribution >= 4 is 28.4 Å². The van der Waals surface area contributed by atoms with Gasteiger partial charge in [0.25, 0.3) is 0 Å². The number of para-hydroxylation sites is 1. The van der Waals surface area contributed by atoms with Crippen LogP contribution in [0.1, 0.15) is 21.2 Å². The Morgan fingerprint density at radius 1 is 0.897 bits per heavy atom. The third-order valence-corrected chi connectivity index (χ3v) is 6.21. The minimum Gasteiger partial charge on any atom is -0.486 e. The number of benzene rings is 3. The van der Waals surface area contributed by atoms with Gasteiger partial charge in [-0.25, -0.2) is 0 Å². The van der Waals surface area contributed by atoms with Crippen LogP contribution in [0.15, 0.2) is 83.9 Å². The molecule has 3 aromatic carbocycles. The summed E-state index contributed by atoms with van der Waals surface area (Å²) in [5.74, 6) is 1.56. The fourth-order valence-corrected chi connectivity index (χ4v) is 4.67. The number of nitrogens with one attached hydrogen (secondary N) is 1. The Balaban J connectivity index is 1.53. The van der Waals surface area contributed by atoms with Crippen molar-refractivity contribution < 1.29 is 14.3 Å². The highest BCUT2D eigenvalue weighted by molar-refractivity contribution is 8.00. The molecule has 4 nitrogen and oxygen atoms in total. The van der Waals surface area contributed by atoms with Gasteiger partial charge in [-0.2, -0.15) is 0 Å². The van der Waals surface area contributed by atoms with E-state index in [1.807, 2.05) is 79.0 Å². The number of thioether (sulfide) groups is 1. The van der Waals surface area contributed by atoms with Crippen LogP contribution in [0.25, 0.3) is 10.9 Å². The normalized spacial score (nSPS) is 13.9. The average Bonchev–Trinajstić information content (AvgIpc) is 3.22. The average molecular weight is 401 g/mol. The van der Waals surface area contributed by atoms with Crippen molar-refractivity contribution in [3.8, 4) is 11.5 Å². The van der Waals surface area contributed by atoms with Gasteiger partial charge >= 0.3 is 0 Å². The molecule has 0 spiro atoms. The number of hydrogen-bond acceptors (Lipinski definition) is 4. The molecule has 144 valence electrons. The molecule has 0 saturated heterocycles. The summed E-state index contributed by atoms with van der Waals surface area (Å²) >= 11 is 1.53. The molecule has 5 rings (SSSR count). The lowest BCUT2D eigenvalue weighted by atomic mass is 10.0. The van der Waals surface area contributed by atoms with Gasteiger partial charge in [0.05, 0.1) is 5.25 Å². The molecule has 4 aromatic rings. The van der Waals surface area contributed by atoms with Crippen LogP contribution in [-0.4, -0.2) is 24.0 Å². The maximum atomic E-state index is 13.6. The number of fused-ring (bicyclic) bond motifs is 2. The molecular weight excluding hydrogens is 382 g/mol. The number of H-pyrrole nitrogens is 1. The molecule has 1 aromatic heterocycles. The third kappa shape index (κ3) is 3.49. The van der Waals surface area contributed by atoms with Crippen LogP contribution in [0.5, 0.6) is 11.5 Å². The molecule has 5 heteroatoms. The monoisotopic (exact) mass is 401 g/mol. The van der Waals surface area contributed by atoms with Crippen LogP contribution in [0.2, 0.25) is 0 Å². The summed E-state index contributed by atoms with van der Waals surface area (Å²) in [6.07, 6.45) is 1.81. The van der Waals surface area contributed by atoms with Gasteiger partial charge in [0.2, 0.25) is 0 Å². The van der Waals surface area contributed by atoms with Crippen LogP contribution in [0.3, 0.4) is 0 Å². The summed E-state index contributed by atoms with van der Waals surface area (Å²) in [5, 5.41) is 0.583. The van der Waals surface area contributed by atoms with Gasteiger partial charge in [-0.15, -0.1) is 11.8 Å². The first-order valence-corrected chi connectivity index (χ1v) is 10.4. The van der Waals surface area contributed by atoms with Gasteiger partial charge in [-0.05, 0) is 29.8 Å². The Labute approximate surface area is 172 Å². The first-order chi connectivity index (χ1) is 14.3. The maximum absolute atomic E-state index is 13.6. The summed E-state index contributed by atoms with van der Waals surface area (Å²) in [7, 11) is 0. The molecule has 1 atom stereocenters. The predicted octanol–water partition coefficient (Wildman–Crippen LogP) is 5.66. The summed E-state index contributed by atoms with van der Waals surface area (Å²) in [6.45, 7) is 1.10. The number of ketones is 1. The number of Topliss-reactive ketones (excluding diaryl/α,β-unsaturated/α-hetero) is 1. The van der Waals surface area contributed by atoms with E-state index in [1.54, 1.807) is 0 Å². The molecule has 1 aliphatic rings. The molecule has 1 aliphatic heterocycles. The van der Waals surface area contributed by atoms with Crippen LogP contribution < -0.4 is 9.47 Å². The largest absolute Gasteiger partial charge is 0.486 e. The van der Waals surface area contributed by atoms with Crippen LogP contribution >= 0.6 is 11.8 Å². The van der Waals surface area contributed by atoms with Crippen LogP contribution in [-0.2, 0) is 0 Å². The number of ether oxygens (including phenoxy) is 2. The molecule has 0 bridgehead atoms. The van der Waals surface area contributed by atoms with Gasteiger partial charge in [0.15, 0.2) is 17.3 Å². The Kier molecular flexibility index (Phi) is 4.74. The van der Waals surface area contributed by atoms with Gasteiger partial charge < -0.3 is 14.5 Å². The Morgan fingerprint density at radius 3 is 2.52 bits per heavy atom. The van der Waals surface area contributed by atoms with Crippen molar-refractivity contribution in [3.05, 3.63) is 90.1 Å². The zero-order chi connectivity index (χ0) is 19.6. The van der Waals surface area contributed by atoms with Crippen LogP contribution in [0, 0.1) is 0 Å². The van der Waals surface area contributed by atoms with Gasteiger partial charge in [-0.3, -0.25) is 4.79 Å². The van der Waals surface area contributed by atoms with E-state index in [9.17, 15) is 4.79 Å². The topological polar surface area (TPSA) is 51.3 Å². The zero-order valence-corrected chi connectivity index (χ0v) is 16.4. The highest BCUT2D eigenvalue weighted by Gasteiger charge is 2.26. The number of rotatable bonds is 5. The lowest BCUT2D eigenvalue weighted by Crippen LogP contribution is -2.15. The van der Waals surface area contributed by atoms with Gasteiger partial charge in [0.1, 0.15) is 13.2 Å². The number of carbonyl (C=O) groups is 1. The van der Waals surface area contributed by atoms with Crippen LogP contribution in [0.4, 0.5) is 0 Å². The fraction of sp³-hybridized carbons (Fsp3) is 0.125. The second-order valence-electron chi connectivity index (χ2n) is 6.83. The molecule has 0 fully saturated rings. The second kappa shape index (κ2) is 7.68. The van der Waals surface area contributed by atoms with E-state index in [0.717, 1.165) is 32.9 Å². The van der Waals surface area contributed by atoms with E-state index in [0.29, 0.717) is 18.8 Å². The van der Waals surface area contributed by atoms with Crippen molar-refractivity contribution in [2.45, 2.75) is 10.1 Å². The molecule has 1 unspecified atom stereocenters. The quantitative estimate of drug-likeness (QED) is 0.346. The third-order valence-electron chi connectivity index (χ3n) is 4.96. The highest BCUT2D eigenvalue weighted by Crippen LogP contribution is 2.42. The predicted molar refractivity (Wildman–Crippen MR) is 115 cm³/mol. The first-order valence-electron chi connectivity index (χ1n) is 9.51. The molecule has 29 heavy (non-hydrogen) atoms. The maximum Gasteiger partial charge on any atom is 0.182 e. The number of hydrogen-bond donors (Lipinski definition) is 1. The molecule has 1 N–H and O–H groups in total. The van der Waals surface area contributed by atoms with E-state index < -0.39 is 0 Å². The standard InChI is InChI=1S/C24H19NO3S/c26-23(19-15-25-20-9-5-4-8-18(19)20)24(16-6-2-1-3-7-16)29-17-10-11-21-22(14-17)28-13-12-27-21/h1-11,14-15,24-25H,12-13H2. The minimum atomic E-state index is -0.363. The Morgan fingerprint density at radius 2 is 1.66 bits per heavy atom. The molecule has 0 aliphatic carbocycles. The molecule has 2 heterocycles. The summed E-state index contributed by atoms with van der Waals surface area (Å²) in [5.41, 5.74) is 2.65. The van der Waals surface area contributed by atoms with E-state index in [1.165, 1.54) is 11.8 Å². The van der Waals surface area contributed by atoms with Crippen molar-refractivity contribution in [3.63, 3.8) is 0 Å². The van der Waals surface area contributed by atoms with Gasteiger partial charge in [-0.1, -0.05) is 48.5 Å². The highest BCUT2D eigenvalue weighted by atomic mass is 32.2. The van der Waals surface area contributed by atoms with Crippen molar-refractivity contribution in [2.75, 3.05) is 13.2 Å². The summed E-state index contributed by atoms with van der Waals surface area (Å²) < 4.78 is 11.3. The second-order valence-corrected chi connectivity index (χ2v) is 8.00. The fourth-order valence-electron chi connectivity index (χ4n) is 3.55. The Hall–Kier alpha value is -3.18. The van der Waals surface area contributed by atoms with E-state index >= 15 is 0 Å². The summed E-state index contributed by atoms with van der Waals surface area (Å²) in [6, 6.07) is 23.6. The van der Waals surface area contributed by atoms with Crippen molar-refractivity contribution in [2.24, 2.45) is 0 Å². The zero-order valence-electron chi connectivity index (χ0n) is 15.6. The van der Waals surface area contributed by atoms with E-state index in [2.05, 4.69) is 4.98 Å². The Bertz CT molecular complexity index is 1170. The lowest BCUT2D eigenvalue weighted by molar-refractivity contribution is 0.0991. The van der Waals surface area contributed by atoms with E-state index in [4.69, 9.17) is 9.47 Å². The van der Waals surface area contributed by atoms with Crippen molar-refractivity contribution in [1.82, 2.24) is 4.98 Å². The van der Waals surface area contributed by atoms with E-state index in [-0.39, 0.29) is 11.0 Å². The molecule has 0 radical (unpaired) electrons. The smallest absolute Gasteiger partial charge is 0.182 e. The lowest BCUT2D eigenvalue weighted by Gasteiger charge is -2.20. The number of aromatic amines is 1.